The fraction of sp³-hybridized carbons (Fsp3) is 0.333. The Kier molecular flexibility index (Phi) is 3.75. The Balaban J connectivity index is 1.66. The second-order valence-electron chi connectivity index (χ2n) is 7.08. The Morgan fingerprint density at radius 2 is 1.85 bits per heavy atom. The van der Waals surface area contributed by atoms with Crippen molar-refractivity contribution in [3.8, 4) is 17.0 Å². The van der Waals surface area contributed by atoms with Crippen LogP contribution in [-0.2, 0) is 6.54 Å². The molecule has 26 heavy (non-hydrogen) atoms. The van der Waals surface area contributed by atoms with Crippen molar-refractivity contribution >= 4 is 0 Å². The van der Waals surface area contributed by atoms with E-state index in [4.69, 9.17) is 4.74 Å². The molecule has 0 aliphatic carbocycles. The van der Waals surface area contributed by atoms with Crippen molar-refractivity contribution in [3.63, 3.8) is 0 Å². The fourth-order valence-electron chi connectivity index (χ4n) is 4.41. The van der Waals surface area contributed by atoms with E-state index in [9.17, 15) is 0 Å². The summed E-state index contributed by atoms with van der Waals surface area (Å²) in [6.07, 6.45) is 2.48. The summed E-state index contributed by atoms with van der Waals surface area (Å²) in [6, 6.07) is 19.6. The Morgan fingerprint density at radius 3 is 2.62 bits per heavy atom. The number of ether oxygens (including phenoxy) is 1. The summed E-state index contributed by atoms with van der Waals surface area (Å²) < 4.78 is 7.48. The van der Waals surface area contributed by atoms with Gasteiger partial charge in [0.2, 0.25) is 0 Å². The molecule has 2 aromatic carbocycles. The van der Waals surface area contributed by atoms with Gasteiger partial charge in [0.25, 0.3) is 0 Å². The average molecular weight is 346 g/mol. The minimum Gasteiger partial charge on any atom is -0.497 e. The van der Waals surface area contributed by atoms with Crippen LogP contribution in [0.25, 0.3) is 11.3 Å². The number of nitrogens with zero attached hydrogens (tertiary/aromatic N) is 4. The largest absolute Gasteiger partial charge is 0.497 e. The minimum absolute atomic E-state index is 0.187. The van der Waals surface area contributed by atoms with E-state index in [2.05, 4.69) is 56.3 Å². The Morgan fingerprint density at radius 1 is 1.04 bits per heavy atom. The molecular weight excluding hydrogens is 324 g/mol. The lowest BCUT2D eigenvalue weighted by molar-refractivity contribution is 0.147. The molecule has 1 fully saturated rings. The van der Waals surface area contributed by atoms with Crippen molar-refractivity contribution in [2.75, 3.05) is 13.7 Å². The predicted octanol–water partition coefficient (Wildman–Crippen LogP) is 3.52. The minimum atomic E-state index is 0.187. The normalized spacial score (nSPS) is 22.0. The lowest BCUT2D eigenvalue weighted by Crippen LogP contribution is -2.43. The van der Waals surface area contributed by atoms with Gasteiger partial charge in [-0.05, 0) is 37.1 Å². The van der Waals surface area contributed by atoms with Gasteiger partial charge in [-0.25, -0.2) is 4.68 Å². The number of hydrogen-bond donors (Lipinski definition) is 0. The maximum Gasteiger partial charge on any atom is 0.118 e. The number of rotatable bonds is 3. The summed E-state index contributed by atoms with van der Waals surface area (Å²) in [5.41, 5.74) is 4.61. The van der Waals surface area contributed by atoms with E-state index in [1.165, 1.54) is 24.1 Å². The van der Waals surface area contributed by atoms with E-state index in [0.29, 0.717) is 6.04 Å². The van der Waals surface area contributed by atoms with Crippen LogP contribution in [0, 0.1) is 0 Å². The summed E-state index contributed by atoms with van der Waals surface area (Å²) in [7, 11) is 1.71. The molecule has 0 bridgehead atoms. The second kappa shape index (κ2) is 6.25. The number of hydrogen-bond acceptors (Lipinski definition) is 4. The van der Waals surface area contributed by atoms with Gasteiger partial charge in [-0.1, -0.05) is 47.7 Å². The molecule has 3 aromatic rings. The lowest BCUT2D eigenvalue weighted by atomic mass is 9.94. The molecule has 0 spiro atoms. The summed E-state index contributed by atoms with van der Waals surface area (Å²) >= 11 is 0. The van der Waals surface area contributed by atoms with E-state index in [1.807, 2.05) is 18.2 Å². The molecule has 0 saturated carbocycles. The molecule has 0 N–H and O–H groups in total. The first-order valence-corrected chi connectivity index (χ1v) is 9.23. The van der Waals surface area contributed by atoms with Crippen LogP contribution in [0.5, 0.6) is 5.75 Å². The highest BCUT2D eigenvalue weighted by atomic mass is 16.5. The Bertz CT molecular complexity index is 904. The van der Waals surface area contributed by atoms with Crippen molar-refractivity contribution in [2.45, 2.75) is 31.5 Å². The number of benzene rings is 2. The molecular formula is C21H22N4O. The van der Waals surface area contributed by atoms with Crippen molar-refractivity contribution in [3.05, 3.63) is 65.9 Å². The van der Waals surface area contributed by atoms with E-state index in [0.717, 1.165) is 30.1 Å². The zero-order valence-corrected chi connectivity index (χ0v) is 14.9. The first kappa shape index (κ1) is 15.6. The highest BCUT2D eigenvalue weighted by Gasteiger charge is 2.41. The molecule has 1 aromatic heterocycles. The van der Waals surface area contributed by atoms with Gasteiger partial charge < -0.3 is 4.74 Å². The molecule has 2 atom stereocenters. The predicted molar refractivity (Wildman–Crippen MR) is 100 cm³/mol. The van der Waals surface area contributed by atoms with Crippen molar-refractivity contribution in [2.24, 2.45) is 0 Å². The molecule has 0 radical (unpaired) electrons. The van der Waals surface area contributed by atoms with Crippen LogP contribution in [0.1, 0.15) is 30.1 Å². The molecule has 1 saturated heterocycles. The fourth-order valence-corrected chi connectivity index (χ4v) is 4.41. The van der Waals surface area contributed by atoms with Crippen LogP contribution in [0.4, 0.5) is 0 Å². The summed E-state index contributed by atoms with van der Waals surface area (Å²) in [6.45, 7) is 2.06. The average Bonchev–Trinajstić information content (AvgIpc) is 3.33. The van der Waals surface area contributed by atoms with Crippen LogP contribution in [0.2, 0.25) is 0 Å². The first-order valence-electron chi connectivity index (χ1n) is 9.23. The number of methoxy groups -OCH3 is 1. The summed E-state index contributed by atoms with van der Waals surface area (Å²) in [5.74, 6) is 0.887. The van der Waals surface area contributed by atoms with Gasteiger partial charge >= 0.3 is 0 Å². The van der Waals surface area contributed by atoms with Crippen molar-refractivity contribution in [1.82, 2.24) is 19.9 Å². The second-order valence-corrected chi connectivity index (χ2v) is 7.08. The molecule has 5 nitrogen and oxygen atoms in total. The standard InChI is InChI=1S/C21H22N4O/c1-26-18-11-9-16(10-12-18)20-21-19(15-6-3-2-4-7-15)22-23-25(21)14-17-8-5-13-24(17)20/h2-4,6-7,9-12,17,20H,5,8,13-14H2,1H3/t17-,20-/m0/s1. The molecule has 3 heterocycles. The molecule has 2 aliphatic heterocycles. The first-order chi connectivity index (χ1) is 12.8. The lowest BCUT2D eigenvalue weighted by Gasteiger charge is -2.38. The number of aromatic nitrogens is 3. The smallest absolute Gasteiger partial charge is 0.118 e. The molecule has 132 valence electrons. The molecule has 5 rings (SSSR count). The van der Waals surface area contributed by atoms with Gasteiger partial charge in [0.1, 0.15) is 11.4 Å². The Hall–Kier alpha value is -2.66. The van der Waals surface area contributed by atoms with Crippen LogP contribution in [0.3, 0.4) is 0 Å². The Labute approximate surface area is 153 Å². The molecule has 0 unspecified atom stereocenters. The summed E-state index contributed by atoms with van der Waals surface area (Å²) in [4.78, 5) is 2.63. The van der Waals surface area contributed by atoms with Crippen LogP contribution >= 0.6 is 0 Å². The molecule has 0 amide bonds. The van der Waals surface area contributed by atoms with E-state index >= 15 is 0 Å². The van der Waals surface area contributed by atoms with E-state index < -0.39 is 0 Å². The van der Waals surface area contributed by atoms with Gasteiger partial charge in [0.15, 0.2) is 0 Å². The van der Waals surface area contributed by atoms with Crippen LogP contribution < -0.4 is 4.74 Å². The zero-order chi connectivity index (χ0) is 17.5. The molecule has 2 aliphatic rings. The third kappa shape index (κ3) is 2.42. The number of fused-ring (bicyclic) bond motifs is 2. The van der Waals surface area contributed by atoms with Crippen LogP contribution in [-0.4, -0.2) is 39.6 Å². The quantitative estimate of drug-likeness (QED) is 0.728. The van der Waals surface area contributed by atoms with Crippen molar-refractivity contribution < 1.29 is 4.74 Å². The van der Waals surface area contributed by atoms with Gasteiger partial charge in [-0.15, -0.1) is 5.10 Å². The topological polar surface area (TPSA) is 43.2 Å². The molecule has 5 heteroatoms. The van der Waals surface area contributed by atoms with Gasteiger partial charge in [-0.2, -0.15) is 0 Å². The van der Waals surface area contributed by atoms with E-state index in [1.54, 1.807) is 7.11 Å². The van der Waals surface area contributed by atoms with Crippen molar-refractivity contribution in [1.29, 1.82) is 0 Å². The highest BCUT2D eigenvalue weighted by molar-refractivity contribution is 5.63. The maximum atomic E-state index is 5.35. The van der Waals surface area contributed by atoms with Gasteiger partial charge in [-0.3, -0.25) is 4.90 Å². The third-order valence-corrected chi connectivity index (χ3v) is 5.65. The highest BCUT2D eigenvalue weighted by Crippen LogP contribution is 2.42. The third-order valence-electron chi connectivity index (χ3n) is 5.65. The van der Waals surface area contributed by atoms with Gasteiger partial charge in [0.05, 0.1) is 25.4 Å². The summed E-state index contributed by atoms with van der Waals surface area (Å²) in [5, 5.41) is 9.08. The monoisotopic (exact) mass is 346 g/mol. The van der Waals surface area contributed by atoms with Gasteiger partial charge in [0, 0.05) is 11.6 Å². The SMILES string of the molecule is COc1ccc([C@H]2c3c(-c4ccccc4)nnn3C[C@@H]3CCCN32)cc1. The van der Waals surface area contributed by atoms with Crippen LogP contribution in [0.15, 0.2) is 54.6 Å². The zero-order valence-electron chi connectivity index (χ0n) is 14.9. The maximum absolute atomic E-state index is 5.35. The van der Waals surface area contributed by atoms with E-state index in [-0.39, 0.29) is 6.04 Å².